The van der Waals surface area contributed by atoms with E-state index in [0.717, 1.165) is 28.2 Å². The molecule has 0 atom stereocenters. The third-order valence-electron chi connectivity index (χ3n) is 3.19. The van der Waals surface area contributed by atoms with Crippen LogP contribution in [0.5, 0.6) is 0 Å². The summed E-state index contributed by atoms with van der Waals surface area (Å²) in [6.45, 7) is 1.91. The summed E-state index contributed by atoms with van der Waals surface area (Å²) in [6.07, 6.45) is 0. The summed E-state index contributed by atoms with van der Waals surface area (Å²) in [5.41, 5.74) is 0.235. The fraction of sp³-hybridized carbons (Fsp3) is 0.0667. The quantitative estimate of drug-likeness (QED) is 0.422. The maximum absolute atomic E-state index is 12.2. The van der Waals surface area contributed by atoms with Gasteiger partial charge in [0.2, 0.25) is 0 Å². The molecule has 0 aliphatic heterocycles. The molecule has 0 heterocycles. The van der Waals surface area contributed by atoms with Crippen molar-refractivity contribution in [2.24, 2.45) is 0 Å². The summed E-state index contributed by atoms with van der Waals surface area (Å²) in [4.78, 5) is 32.4. The van der Waals surface area contributed by atoms with Crippen molar-refractivity contribution in [2.45, 2.75) is 6.92 Å². The van der Waals surface area contributed by atoms with Crippen molar-refractivity contribution in [3.8, 4) is 0 Å². The average Bonchev–Trinajstić information content (AvgIpc) is 2.56. The lowest BCUT2D eigenvalue weighted by molar-refractivity contribution is -0.394. The summed E-state index contributed by atoms with van der Waals surface area (Å²) in [5.74, 6) is -0.808. The molecule has 1 amide bonds. The van der Waals surface area contributed by atoms with Gasteiger partial charge in [0.25, 0.3) is 17.3 Å². The first-order valence-electron chi connectivity index (χ1n) is 6.99. The maximum atomic E-state index is 12.2. The Morgan fingerprint density at radius 1 is 1.08 bits per heavy atom. The van der Waals surface area contributed by atoms with Crippen LogP contribution in [0, 0.1) is 27.2 Å². The molecule has 0 fully saturated rings. The second-order valence-corrected chi connectivity index (χ2v) is 6.41. The number of amides is 1. The molecule has 2 rings (SSSR count). The third-order valence-corrected chi connectivity index (χ3v) is 4.05. The number of rotatable bonds is 4. The van der Waals surface area contributed by atoms with Crippen molar-refractivity contribution >= 4 is 56.2 Å². The van der Waals surface area contributed by atoms with Gasteiger partial charge in [-0.1, -0.05) is 6.07 Å². The summed E-state index contributed by atoms with van der Waals surface area (Å²) in [6, 6.07) is 8.07. The number of aryl methyl sites for hydroxylation is 1. The molecule has 0 radical (unpaired) electrons. The summed E-state index contributed by atoms with van der Waals surface area (Å²) < 4.78 is 0.722. The number of nitrogens with one attached hydrogen (secondary N) is 2. The van der Waals surface area contributed by atoms with E-state index in [9.17, 15) is 25.0 Å². The SMILES string of the molecule is Cc1ccc(NC(=S)NC(=O)c2cc([N+](=O)[O-])cc([N+](=O)[O-])c2)c(Br)c1. The van der Waals surface area contributed by atoms with Crippen molar-refractivity contribution in [3.63, 3.8) is 0 Å². The van der Waals surface area contributed by atoms with Crippen LogP contribution in [0.4, 0.5) is 17.1 Å². The highest BCUT2D eigenvalue weighted by Crippen LogP contribution is 2.24. The first-order valence-corrected chi connectivity index (χ1v) is 8.20. The van der Waals surface area contributed by atoms with Crippen LogP contribution in [0.25, 0.3) is 0 Å². The van der Waals surface area contributed by atoms with E-state index in [1.165, 1.54) is 0 Å². The highest BCUT2D eigenvalue weighted by molar-refractivity contribution is 9.10. The Bertz CT molecular complexity index is 902. The number of nitrogens with zero attached hydrogens (tertiary/aromatic N) is 2. The number of non-ortho nitro benzene ring substituents is 2. The fourth-order valence-corrected chi connectivity index (χ4v) is 2.78. The Balaban J connectivity index is 2.19. The minimum Gasteiger partial charge on any atom is -0.331 e. The lowest BCUT2D eigenvalue weighted by Gasteiger charge is -2.11. The number of carbonyl (C=O) groups excluding carboxylic acids is 1. The lowest BCUT2D eigenvalue weighted by atomic mass is 10.1. The van der Waals surface area contributed by atoms with E-state index in [0.29, 0.717) is 5.69 Å². The minimum absolute atomic E-state index is 0.0614. The molecule has 0 saturated heterocycles. The molecule has 134 valence electrons. The van der Waals surface area contributed by atoms with Crippen LogP contribution in [-0.2, 0) is 0 Å². The third kappa shape index (κ3) is 4.80. The van der Waals surface area contributed by atoms with Gasteiger partial charge in [0.05, 0.1) is 27.2 Å². The Labute approximate surface area is 160 Å². The zero-order valence-corrected chi connectivity index (χ0v) is 15.6. The predicted octanol–water partition coefficient (Wildman–Crippen LogP) is 3.70. The fourth-order valence-electron chi connectivity index (χ4n) is 1.99. The molecule has 0 aromatic heterocycles. The van der Waals surface area contributed by atoms with Gasteiger partial charge in [-0.3, -0.25) is 30.3 Å². The zero-order chi connectivity index (χ0) is 19.4. The molecule has 2 aromatic carbocycles. The molecule has 2 N–H and O–H groups in total. The molecule has 0 bridgehead atoms. The van der Waals surface area contributed by atoms with E-state index in [2.05, 4.69) is 26.6 Å². The van der Waals surface area contributed by atoms with Crippen LogP contribution in [0.3, 0.4) is 0 Å². The van der Waals surface area contributed by atoms with Gasteiger partial charge in [0, 0.05) is 16.6 Å². The van der Waals surface area contributed by atoms with Crippen molar-refractivity contribution in [1.29, 1.82) is 0 Å². The number of halogens is 1. The van der Waals surface area contributed by atoms with Crippen LogP contribution < -0.4 is 10.6 Å². The van der Waals surface area contributed by atoms with Crippen molar-refractivity contribution in [3.05, 3.63) is 72.2 Å². The Hall–Kier alpha value is -2.92. The van der Waals surface area contributed by atoms with Gasteiger partial charge in [-0.2, -0.15) is 0 Å². The molecule has 2 aromatic rings. The number of thiocarbonyl (C=S) groups is 1. The first-order chi connectivity index (χ1) is 12.2. The van der Waals surface area contributed by atoms with Crippen molar-refractivity contribution in [1.82, 2.24) is 5.32 Å². The molecule has 0 aliphatic carbocycles. The molecular formula is C15H11BrN4O5S. The zero-order valence-electron chi connectivity index (χ0n) is 13.2. The number of benzene rings is 2. The number of nitro groups is 2. The second-order valence-electron chi connectivity index (χ2n) is 5.14. The van der Waals surface area contributed by atoms with Crippen molar-refractivity contribution in [2.75, 3.05) is 5.32 Å². The standard InChI is InChI=1S/C15H11BrN4O5S/c1-8-2-3-13(12(16)4-8)17-15(26)18-14(21)9-5-10(19(22)23)7-11(6-9)20(24)25/h2-7H,1H3,(H2,17,18,21,26). The maximum Gasteiger partial charge on any atom is 0.277 e. The molecular weight excluding hydrogens is 428 g/mol. The van der Waals surface area contributed by atoms with Gasteiger partial charge < -0.3 is 5.32 Å². The van der Waals surface area contributed by atoms with Gasteiger partial charge >= 0.3 is 0 Å². The van der Waals surface area contributed by atoms with Crippen LogP contribution in [0.2, 0.25) is 0 Å². The van der Waals surface area contributed by atoms with Gasteiger partial charge in [0.1, 0.15) is 0 Å². The number of hydrogen-bond acceptors (Lipinski definition) is 6. The number of anilines is 1. The Kier molecular flexibility index (Phi) is 5.95. The van der Waals surface area contributed by atoms with E-state index < -0.39 is 27.1 Å². The largest absolute Gasteiger partial charge is 0.331 e. The normalized spacial score (nSPS) is 10.1. The van der Waals surface area contributed by atoms with Gasteiger partial charge in [-0.15, -0.1) is 0 Å². The highest BCUT2D eigenvalue weighted by Gasteiger charge is 2.20. The van der Waals surface area contributed by atoms with E-state index in [1.807, 2.05) is 19.1 Å². The molecule has 11 heteroatoms. The second kappa shape index (κ2) is 7.97. The van der Waals surface area contributed by atoms with Crippen LogP contribution in [0.15, 0.2) is 40.9 Å². The number of nitro benzene ring substituents is 2. The Morgan fingerprint density at radius 3 is 2.15 bits per heavy atom. The number of carbonyl (C=O) groups is 1. The Morgan fingerprint density at radius 2 is 1.65 bits per heavy atom. The van der Waals surface area contributed by atoms with Gasteiger partial charge in [0.15, 0.2) is 5.11 Å². The lowest BCUT2D eigenvalue weighted by Crippen LogP contribution is -2.34. The monoisotopic (exact) mass is 438 g/mol. The van der Waals surface area contributed by atoms with E-state index in [4.69, 9.17) is 12.2 Å². The molecule has 0 aliphatic rings. The van der Waals surface area contributed by atoms with Crippen LogP contribution >= 0.6 is 28.1 Å². The van der Waals surface area contributed by atoms with E-state index in [-0.39, 0.29) is 10.7 Å². The van der Waals surface area contributed by atoms with E-state index in [1.54, 1.807) is 6.07 Å². The molecule has 0 saturated carbocycles. The average molecular weight is 439 g/mol. The predicted molar refractivity (Wildman–Crippen MR) is 102 cm³/mol. The van der Waals surface area contributed by atoms with Crippen LogP contribution in [0.1, 0.15) is 15.9 Å². The molecule has 0 spiro atoms. The molecule has 26 heavy (non-hydrogen) atoms. The smallest absolute Gasteiger partial charge is 0.277 e. The summed E-state index contributed by atoms with van der Waals surface area (Å²) in [5, 5.41) is 26.8. The molecule has 0 unspecified atom stereocenters. The van der Waals surface area contributed by atoms with Gasteiger partial charge in [-0.05, 0) is 52.8 Å². The van der Waals surface area contributed by atoms with E-state index >= 15 is 0 Å². The van der Waals surface area contributed by atoms with Gasteiger partial charge in [-0.25, -0.2) is 0 Å². The first kappa shape index (κ1) is 19.4. The summed E-state index contributed by atoms with van der Waals surface area (Å²) >= 11 is 8.39. The molecule has 9 nitrogen and oxygen atoms in total. The number of hydrogen-bond donors (Lipinski definition) is 2. The highest BCUT2D eigenvalue weighted by atomic mass is 79.9. The minimum atomic E-state index is -0.816. The summed E-state index contributed by atoms with van der Waals surface area (Å²) in [7, 11) is 0. The topological polar surface area (TPSA) is 127 Å². The van der Waals surface area contributed by atoms with Crippen molar-refractivity contribution < 1.29 is 14.6 Å². The van der Waals surface area contributed by atoms with Crippen LogP contribution in [-0.4, -0.2) is 20.9 Å².